The maximum Gasteiger partial charge on any atom is 0.306 e. The molecule has 1 aliphatic rings. The Balaban J connectivity index is 1.63. The van der Waals surface area contributed by atoms with Gasteiger partial charge in [-0.1, -0.05) is 80.1 Å². The van der Waals surface area contributed by atoms with Crippen molar-refractivity contribution in [1.29, 1.82) is 0 Å². The fraction of sp³-hybridized carbons (Fsp3) is 0.250. The first-order valence-corrected chi connectivity index (χ1v) is 11.3. The number of aromatic nitrogens is 1. The molecule has 1 atom stereocenters. The number of rotatable bonds is 6. The summed E-state index contributed by atoms with van der Waals surface area (Å²) >= 11 is 0. The molecule has 0 fully saturated rings. The Morgan fingerprint density at radius 2 is 1.69 bits per heavy atom. The summed E-state index contributed by atoms with van der Waals surface area (Å²) in [7, 11) is 0. The van der Waals surface area contributed by atoms with Crippen LogP contribution in [0.2, 0.25) is 0 Å². The van der Waals surface area contributed by atoms with Crippen LogP contribution < -0.4 is 0 Å². The van der Waals surface area contributed by atoms with E-state index in [1.807, 2.05) is 6.07 Å². The van der Waals surface area contributed by atoms with Crippen molar-refractivity contribution < 1.29 is 14.6 Å². The van der Waals surface area contributed by atoms with Gasteiger partial charge in [-0.3, -0.25) is 4.79 Å². The minimum Gasteiger partial charge on any atom is -0.481 e. The highest BCUT2D eigenvalue weighted by Crippen LogP contribution is 2.44. The van der Waals surface area contributed by atoms with Crippen molar-refractivity contribution >= 4 is 16.9 Å². The average Bonchev–Trinajstić information content (AvgIpc) is 3.20. The molecule has 5 rings (SSSR count). The first-order valence-electron chi connectivity index (χ1n) is 11.3. The molecule has 162 valence electrons. The fourth-order valence-corrected chi connectivity index (χ4v) is 5.16. The van der Waals surface area contributed by atoms with Gasteiger partial charge >= 0.3 is 5.97 Å². The van der Waals surface area contributed by atoms with Crippen LogP contribution in [0.1, 0.15) is 37.4 Å². The lowest BCUT2D eigenvalue weighted by Crippen LogP contribution is -2.37. The quantitative estimate of drug-likeness (QED) is 0.368. The molecule has 0 spiro atoms. The third-order valence-electron chi connectivity index (χ3n) is 6.51. The second kappa shape index (κ2) is 8.29. The number of nitrogens with one attached hydrogen (secondary N) is 1. The van der Waals surface area contributed by atoms with Gasteiger partial charge in [0.15, 0.2) is 0 Å². The molecule has 3 aromatic carbocycles. The predicted octanol–water partition coefficient (Wildman–Crippen LogP) is 6.54. The summed E-state index contributed by atoms with van der Waals surface area (Å²) in [5.74, 6) is -0.832. The van der Waals surface area contributed by atoms with Crippen LogP contribution in [0.5, 0.6) is 0 Å². The second-order valence-electron chi connectivity index (χ2n) is 8.56. The van der Waals surface area contributed by atoms with Gasteiger partial charge in [-0.25, -0.2) is 0 Å². The van der Waals surface area contributed by atoms with Gasteiger partial charge in [-0.05, 0) is 46.7 Å². The van der Waals surface area contributed by atoms with Gasteiger partial charge in [0.2, 0.25) is 0 Å². The lowest BCUT2D eigenvalue weighted by atomic mass is 9.84. The highest BCUT2D eigenvalue weighted by atomic mass is 16.5. The number of fused-ring (bicyclic) bond motifs is 3. The van der Waals surface area contributed by atoms with E-state index in [9.17, 15) is 9.90 Å². The number of ether oxygens (including phenoxy) is 1. The molecule has 0 saturated carbocycles. The molecule has 1 unspecified atom stereocenters. The Kier molecular flexibility index (Phi) is 5.32. The number of H-pyrrole nitrogens is 1. The fourth-order valence-electron chi connectivity index (χ4n) is 5.16. The number of carboxylic acids is 1. The molecule has 4 aromatic rings. The van der Waals surface area contributed by atoms with E-state index >= 15 is 0 Å². The van der Waals surface area contributed by atoms with E-state index < -0.39 is 11.6 Å². The summed E-state index contributed by atoms with van der Waals surface area (Å²) in [5.41, 5.74) is 7.10. The number of aromatic amines is 1. The van der Waals surface area contributed by atoms with Crippen molar-refractivity contribution in [2.75, 3.05) is 6.61 Å². The van der Waals surface area contributed by atoms with Gasteiger partial charge in [0.05, 0.1) is 18.7 Å². The summed E-state index contributed by atoms with van der Waals surface area (Å²) < 4.78 is 6.17. The molecule has 0 radical (unpaired) electrons. The largest absolute Gasteiger partial charge is 0.481 e. The van der Waals surface area contributed by atoms with Crippen molar-refractivity contribution in [3.63, 3.8) is 0 Å². The third kappa shape index (κ3) is 3.51. The molecular formula is C28H27NO3. The van der Waals surface area contributed by atoms with Crippen LogP contribution in [0.25, 0.3) is 33.2 Å². The summed E-state index contributed by atoms with van der Waals surface area (Å²) in [4.78, 5) is 15.3. The molecule has 0 saturated heterocycles. The van der Waals surface area contributed by atoms with E-state index in [1.54, 1.807) is 0 Å². The van der Waals surface area contributed by atoms with E-state index in [4.69, 9.17) is 4.74 Å². The van der Waals surface area contributed by atoms with E-state index in [0.717, 1.165) is 29.6 Å². The van der Waals surface area contributed by atoms with E-state index in [1.165, 1.54) is 27.6 Å². The highest BCUT2D eigenvalue weighted by Gasteiger charge is 2.41. The van der Waals surface area contributed by atoms with Crippen LogP contribution in [-0.4, -0.2) is 22.7 Å². The Morgan fingerprint density at radius 1 is 0.969 bits per heavy atom. The highest BCUT2D eigenvalue weighted by molar-refractivity contribution is 5.99. The van der Waals surface area contributed by atoms with Crippen LogP contribution >= 0.6 is 0 Å². The lowest BCUT2D eigenvalue weighted by Gasteiger charge is -2.36. The number of aliphatic carboxylic acids is 1. The molecule has 0 bridgehead atoms. The zero-order chi connectivity index (χ0) is 22.1. The van der Waals surface area contributed by atoms with Crippen LogP contribution in [0.15, 0.2) is 72.8 Å². The Hall–Kier alpha value is -3.37. The zero-order valence-corrected chi connectivity index (χ0v) is 18.2. The Labute approximate surface area is 187 Å². The first kappa shape index (κ1) is 20.5. The monoisotopic (exact) mass is 425 g/mol. The third-order valence-corrected chi connectivity index (χ3v) is 6.51. The number of carboxylic acid groups (broad SMARTS) is 1. The zero-order valence-electron chi connectivity index (χ0n) is 18.2. The standard InChI is InChI=1S/C28H27NO3/c1-2-16-28(18-25(30)31)27-23(15-17-32-28)26-22(9-6-10-24(26)29-27)21-13-11-20(12-14-21)19-7-4-3-5-8-19/h3-14,29H,2,15-18H2,1H3,(H,30,31). The van der Waals surface area contributed by atoms with Gasteiger partial charge in [0.25, 0.3) is 0 Å². The van der Waals surface area contributed by atoms with Gasteiger partial charge in [-0.15, -0.1) is 0 Å². The average molecular weight is 426 g/mol. The second-order valence-corrected chi connectivity index (χ2v) is 8.56. The van der Waals surface area contributed by atoms with Crippen molar-refractivity contribution in [3.8, 4) is 22.3 Å². The van der Waals surface area contributed by atoms with E-state index in [0.29, 0.717) is 13.0 Å². The van der Waals surface area contributed by atoms with Gasteiger partial charge in [0, 0.05) is 10.9 Å². The normalized spacial score (nSPS) is 17.9. The van der Waals surface area contributed by atoms with Crippen LogP contribution in [0.3, 0.4) is 0 Å². The smallest absolute Gasteiger partial charge is 0.306 e. The summed E-state index contributed by atoms with van der Waals surface area (Å²) in [6.07, 6.45) is 2.29. The summed E-state index contributed by atoms with van der Waals surface area (Å²) in [6, 6.07) is 25.3. The molecule has 1 aliphatic heterocycles. The predicted molar refractivity (Wildman–Crippen MR) is 128 cm³/mol. The van der Waals surface area contributed by atoms with Gasteiger partial charge in [0.1, 0.15) is 5.60 Å². The maximum atomic E-state index is 11.7. The molecular weight excluding hydrogens is 398 g/mol. The van der Waals surface area contributed by atoms with Crippen LogP contribution in [0.4, 0.5) is 0 Å². The Morgan fingerprint density at radius 3 is 2.41 bits per heavy atom. The first-order chi connectivity index (χ1) is 15.6. The van der Waals surface area contributed by atoms with Crippen molar-refractivity contribution in [2.24, 2.45) is 0 Å². The van der Waals surface area contributed by atoms with E-state index in [2.05, 4.69) is 78.6 Å². The van der Waals surface area contributed by atoms with Crippen LogP contribution in [-0.2, 0) is 21.6 Å². The molecule has 2 N–H and O–H groups in total. The Bertz CT molecular complexity index is 1260. The van der Waals surface area contributed by atoms with Gasteiger partial charge in [-0.2, -0.15) is 0 Å². The number of hydrogen-bond donors (Lipinski definition) is 2. The number of hydrogen-bond acceptors (Lipinski definition) is 2. The minimum atomic E-state index is -0.832. The topological polar surface area (TPSA) is 62.3 Å². The SMILES string of the molecule is CCCC1(CC(=O)O)OCCc2c1[nH]c1cccc(-c3ccc(-c4ccccc4)cc3)c21. The molecule has 32 heavy (non-hydrogen) atoms. The van der Waals surface area contributed by atoms with Crippen molar-refractivity contribution in [2.45, 2.75) is 38.2 Å². The molecule has 0 amide bonds. The number of benzene rings is 3. The lowest BCUT2D eigenvalue weighted by molar-refractivity contribution is -0.149. The van der Waals surface area contributed by atoms with Crippen molar-refractivity contribution in [1.82, 2.24) is 4.98 Å². The molecule has 4 nitrogen and oxygen atoms in total. The molecule has 2 heterocycles. The van der Waals surface area contributed by atoms with Crippen molar-refractivity contribution in [3.05, 3.63) is 84.1 Å². The molecule has 1 aromatic heterocycles. The number of carbonyl (C=O) groups is 1. The summed E-state index contributed by atoms with van der Waals surface area (Å²) in [6.45, 7) is 2.61. The minimum absolute atomic E-state index is 0.0260. The maximum absolute atomic E-state index is 11.7. The van der Waals surface area contributed by atoms with Crippen LogP contribution in [0, 0.1) is 0 Å². The molecule has 0 aliphatic carbocycles. The summed E-state index contributed by atoms with van der Waals surface area (Å²) in [5, 5.41) is 10.8. The molecule has 4 heteroatoms. The van der Waals surface area contributed by atoms with Gasteiger partial charge < -0.3 is 14.8 Å². The van der Waals surface area contributed by atoms with E-state index in [-0.39, 0.29) is 6.42 Å².